The molecule has 0 spiro atoms. The fourth-order valence-electron chi connectivity index (χ4n) is 1.83. The van der Waals surface area contributed by atoms with Gasteiger partial charge in [0, 0.05) is 17.2 Å². The minimum absolute atomic E-state index is 0.0970. The maximum absolute atomic E-state index is 12.0. The minimum atomic E-state index is -0.836. The van der Waals surface area contributed by atoms with E-state index in [-0.39, 0.29) is 18.0 Å². The molecule has 0 amide bonds. The van der Waals surface area contributed by atoms with E-state index in [0.717, 1.165) is 4.88 Å². The van der Waals surface area contributed by atoms with E-state index in [4.69, 9.17) is 14.9 Å². The van der Waals surface area contributed by atoms with Crippen LogP contribution in [0.15, 0.2) is 40.3 Å². The summed E-state index contributed by atoms with van der Waals surface area (Å²) in [7, 11) is 0. The number of thiophene rings is 1. The normalized spacial score (nSPS) is 11.7. The molecule has 0 saturated heterocycles. The van der Waals surface area contributed by atoms with E-state index in [0.29, 0.717) is 0 Å². The van der Waals surface area contributed by atoms with Gasteiger partial charge in [0.2, 0.25) is 0 Å². The van der Waals surface area contributed by atoms with Gasteiger partial charge in [0.25, 0.3) is 0 Å². The lowest BCUT2D eigenvalue weighted by molar-refractivity contribution is 0.0944. The third kappa shape index (κ3) is 2.90. The molecule has 0 aliphatic carbocycles. The molecule has 0 aliphatic rings. The summed E-state index contributed by atoms with van der Waals surface area (Å²) < 4.78 is 5.05. The Morgan fingerprint density at radius 3 is 2.63 bits per heavy atom. The lowest BCUT2D eigenvalue weighted by Gasteiger charge is -2.14. The summed E-state index contributed by atoms with van der Waals surface area (Å²) in [5.41, 5.74) is 0. The van der Waals surface area contributed by atoms with Gasteiger partial charge in [0.1, 0.15) is 5.92 Å². The molecule has 0 aliphatic heterocycles. The summed E-state index contributed by atoms with van der Waals surface area (Å²) in [5.74, 6) is -1.18. The molecule has 0 saturated carbocycles. The van der Waals surface area contributed by atoms with Gasteiger partial charge in [-0.05, 0) is 23.6 Å². The van der Waals surface area contributed by atoms with Crippen molar-refractivity contribution in [1.82, 2.24) is 0 Å². The first kappa shape index (κ1) is 13.1. The second kappa shape index (κ2) is 5.99. The predicted molar refractivity (Wildman–Crippen MR) is 69.4 cm³/mol. The Bertz CT molecular complexity index is 603. The maximum Gasteiger partial charge on any atom is 0.198 e. The number of nitriles is 2. The Kier molecular flexibility index (Phi) is 4.12. The fraction of sp³-hybridized carbons (Fsp3) is 0.214. The van der Waals surface area contributed by atoms with E-state index in [1.807, 2.05) is 29.7 Å². The van der Waals surface area contributed by atoms with Gasteiger partial charge in [-0.25, -0.2) is 0 Å². The second-order valence-electron chi connectivity index (χ2n) is 3.96. The monoisotopic (exact) mass is 270 g/mol. The smallest absolute Gasteiger partial charge is 0.198 e. The van der Waals surface area contributed by atoms with Crippen LogP contribution < -0.4 is 0 Å². The fourth-order valence-corrected chi connectivity index (χ4v) is 2.70. The molecule has 2 aromatic heterocycles. The van der Waals surface area contributed by atoms with E-state index in [2.05, 4.69) is 0 Å². The number of Topliss-reactive ketones (excluding diaryl/α,β-unsaturated/α-hetero) is 1. The molecule has 1 unspecified atom stereocenters. The highest BCUT2D eigenvalue weighted by Crippen LogP contribution is 2.32. The van der Waals surface area contributed by atoms with Gasteiger partial charge in [-0.3, -0.25) is 4.79 Å². The van der Waals surface area contributed by atoms with Gasteiger partial charge < -0.3 is 4.42 Å². The van der Waals surface area contributed by atoms with Crippen molar-refractivity contribution in [2.24, 2.45) is 5.92 Å². The van der Waals surface area contributed by atoms with Crippen LogP contribution in [-0.4, -0.2) is 5.78 Å². The van der Waals surface area contributed by atoms with Crippen molar-refractivity contribution >= 4 is 17.1 Å². The largest absolute Gasteiger partial charge is 0.461 e. The first-order valence-electron chi connectivity index (χ1n) is 5.65. The molecule has 0 radical (unpaired) electrons. The van der Waals surface area contributed by atoms with Gasteiger partial charge >= 0.3 is 0 Å². The topological polar surface area (TPSA) is 77.8 Å². The van der Waals surface area contributed by atoms with Crippen LogP contribution in [0.2, 0.25) is 0 Å². The minimum Gasteiger partial charge on any atom is -0.461 e. The van der Waals surface area contributed by atoms with Crippen molar-refractivity contribution in [2.75, 3.05) is 0 Å². The van der Waals surface area contributed by atoms with Crippen LogP contribution in [0.5, 0.6) is 0 Å². The first-order valence-corrected chi connectivity index (χ1v) is 6.53. The molecule has 19 heavy (non-hydrogen) atoms. The average Bonchev–Trinajstić information content (AvgIpc) is 3.12. The van der Waals surface area contributed by atoms with E-state index in [9.17, 15) is 4.79 Å². The maximum atomic E-state index is 12.0. The number of hydrogen-bond donors (Lipinski definition) is 0. The van der Waals surface area contributed by atoms with Crippen LogP contribution in [0.25, 0.3) is 0 Å². The van der Waals surface area contributed by atoms with E-state index >= 15 is 0 Å². The summed E-state index contributed by atoms with van der Waals surface area (Å²) in [6, 6.07) is 10.8. The average molecular weight is 270 g/mol. The van der Waals surface area contributed by atoms with Crippen molar-refractivity contribution < 1.29 is 9.21 Å². The Morgan fingerprint density at radius 1 is 1.32 bits per heavy atom. The number of nitrogens with zero attached hydrogens (tertiary/aromatic N) is 2. The van der Waals surface area contributed by atoms with Crippen molar-refractivity contribution in [1.29, 1.82) is 10.5 Å². The molecule has 2 heterocycles. The highest BCUT2D eigenvalue weighted by atomic mass is 32.1. The van der Waals surface area contributed by atoms with E-state index in [1.54, 1.807) is 12.1 Å². The van der Waals surface area contributed by atoms with Crippen molar-refractivity contribution in [3.8, 4) is 12.1 Å². The van der Waals surface area contributed by atoms with E-state index < -0.39 is 11.8 Å². The quantitative estimate of drug-likeness (QED) is 0.780. The van der Waals surface area contributed by atoms with Crippen LogP contribution in [0.4, 0.5) is 0 Å². The highest BCUT2D eigenvalue weighted by Gasteiger charge is 2.27. The molecule has 4 nitrogen and oxygen atoms in total. The number of carbonyl (C=O) groups is 1. The first-order chi connectivity index (χ1) is 9.26. The SMILES string of the molecule is N#CC(C#N)C(CC(=O)c1ccco1)c1cccs1. The van der Waals surface area contributed by atoms with Crippen molar-refractivity contribution in [3.05, 3.63) is 46.5 Å². The van der Waals surface area contributed by atoms with Crippen LogP contribution in [0.1, 0.15) is 27.8 Å². The molecule has 0 fully saturated rings. The zero-order valence-electron chi connectivity index (χ0n) is 9.95. The van der Waals surface area contributed by atoms with Gasteiger partial charge in [-0.15, -0.1) is 11.3 Å². The summed E-state index contributed by atoms with van der Waals surface area (Å²) in [6.45, 7) is 0. The van der Waals surface area contributed by atoms with E-state index in [1.165, 1.54) is 17.6 Å². The van der Waals surface area contributed by atoms with Crippen LogP contribution in [-0.2, 0) is 0 Å². The number of hydrogen-bond acceptors (Lipinski definition) is 5. The second-order valence-corrected chi connectivity index (χ2v) is 4.94. The summed E-state index contributed by atoms with van der Waals surface area (Å²) >= 11 is 1.44. The van der Waals surface area contributed by atoms with Gasteiger partial charge in [0.05, 0.1) is 18.4 Å². The molecule has 2 rings (SSSR count). The number of furan rings is 1. The Balaban J connectivity index is 2.23. The molecule has 1 atom stereocenters. The summed E-state index contributed by atoms with van der Waals surface area (Å²) in [4.78, 5) is 12.9. The standard InChI is InChI=1S/C14H10N2O2S/c15-8-10(9-16)11(14-4-2-6-19-14)7-12(17)13-3-1-5-18-13/h1-6,10-11H,7H2. The van der Waals surface area contributed by atoms with Crippen LogP contribution >= 0.6 is 11.3 Å². The molecule has 0 aromatic carbocycles. The van der Waals surface area contributed by atoms with Gasteiger partial charge in [-0.2, -0.15) is 10.5 Å². The Labute approximate surface area is 114 Å². The zero-order valence-corrected chi connectivity index (χ0v) is 10.8. The Hall–Kier alpha value is -2.37. The lowest BCUT2D eigenvalue weighted by atomic mass is 9.88. The third-order valence-electron chi connectivity index (χ3n) is 2.79. The molecule has 0 N–H and O–H groups in total. The van der Waals surface area contributed by atoms with Crippen LogP contribution in [0, 0.1) is 28.6 Å². The summed E-state index contributed by atoms with van der Waals surface area (Å²) in [6.07, 6.45) is 1.53. The zero-order chi connectivity index (χ0) is 13.7. The van der Waals surface area contributed by atoms with Crippen LogP contribution in [0.3, 0.4) is 0 Å². The number of carbonyl (C=O) groups excluding carboxylic acids is 1. The molecule has 0 bridgehead atoms. The highest BCUT2D eigenvalue weighted by molar-refractivity contribution is 7.10. The lowest BCUT2D eigenvalue weighted by Crippen LogP contribution is -2.13. The third-order valence-corrected chi connectivity index (χ3v) is 3.79. The van der Waals surface area contributed by atoms with Crippen molar-refractivity contribution in [2.45, 2.75) is 12.3 Å². The number of ketones is 1. The molecule has 2 aromatic rings. The predicted octanol–water partition coefficient (Wildman–Crippen LogP) is 3.36. The van der Waals surface area contributed by atoms with Gasteiger partial charge in [0.15, 0.2) is 11.5 Å². The van der Waals surface area contributed by atoms with Crippen molar-refractivity contribution in [3.63, 3.8) is 0 Å². The number of rotatable bonds is 5. The molecule has 5 heteroatoms. The Morgan fingerprint density at radius 2 is 2.11 bits per heavy atom. The molecule has 94 valence electrons. The molecular formula is C14H10N2O2S. The molecular weight excluding hydrogens is 260 g/mol. The summed E-state index contributed by atoms with van der Waals surface area (Å²) in [5, 5.41) is 19.9. The van der Waals surface area contributed by atoms with Gasteiger partial charge in [-0.1, -0.05) is 6.07 Å².